The van der Waals surface area contributed by atoms with E-state index in [1.54, 1.807) is 0 Å². The topological polar surface area (TPSA) is 78.5 Å². The second-order valence-corrected chi connectivity index (χ2v) is 8.93. The Bertz CT molecular complexity index is 724. The lowest BCUT2D eigenvalue weighted by Gasteiger charge is -2.35. The highest BCUT2D eigenvalue weighted by Crippen LogP contribution is 2.21. The van der Waals surface area contributed by atoms with Crippen molar-refractivity contribution in [2.75, 3.05) is 30.6 Å². The normalized spacial score (nSPS) is 18.5. The first-order valence-electron chi connectivity index (χ1n) is 9.09. The summed E-state index contributed by atoms with van der Waals surface area (Å²) in [6, 6.07) is 5.16. The third-order valence-corrected chi connectivity index (χ3v) is 5.58. The van der Waals surface area contributed by atoms with E-state index in [9.17, 15) is 13.2 Å². The largest absolute Gasteiger partial charge is 0.352 e. The van der Waals surface area contributed by atoms with Gasteiger partial charge in [-0.25, -0.2) is 8.42 Å². The van der Waals surface area contributed by atoms with Crippen molar-refractivity contribution in [1.29, 1.82) is 0 Å². The van der Waals surface area contributed by atoms with Gasteiger partial charge in [0.2, 0.25) is 10.0 Å². The molecule has 1 atom stereocenters. The number of nitrogens with one attached hydrogen (secondary N) is 2. The van der Waals surface area contributed by atoms with E-state index in [-0.39, 0.29) is 11.5 Å². The van der Waals surface area contributed by atoms with Crippen molar-refractivity contribution in [3.05, 3.63) is 28.8 Å². The third kappa shape index (κ3) is 6.45. The monoisotopic (exact) mass is 401 g/mol. The van der Waals surface area contributed by atoms with Crippen molar-refractivity contribution in [3.63, 3.8) is 0 Å². The molecule has 6 nitrogen and oxygen atoms in total. The molecule has 0 radical (unpaired) electrons. The Balaban J connectivity index is 1.86. The van der Waals surface area contributed by atoms with Crippen LogP contribution in [0, 0.1) is 0 Å². The van der Waals surface area contributed by atoms with Crippen LogP contribution in [0.15, 0.2) is 18.2 Å². The lowest BCUT2D eigenvalue weighted by Crippen LogP contribution is -2.40. The van der Waals surface area contributed by atoms with Crippen LogP contribution in [0.4, 0.5) is 5.69 Å². The van der Waals surface area contributed by atoms with Crippen molar-refractivity contribution in [2.24, 2.45) is 0 Å². The van der Waals surface area contributed by atoms with Crippen LogP contribution in [0.25, 0.3) is 0 Å². The molecule has 1 aromatic carbocycles. The van der Waals surface area contributed by atoms with Crippen LogP contribution >= 0.6 is 11.6 Å². The molecule has 0 spiro atoms. The van der Waals surface area contributed by atoms with Gasteiger partial charge in [-0.05, 0) is 50.4 Å². The summed E-state index contributed by atoms with van der Waals surface area (Å²) in [5.74, 6) is -0.294. The smallest absolute Gasteiger partial charge is 0.252 e. The number of amides is 1. The van der Waals surface area contributed by atoms with Gasteiger partial charge in [0.05, 0.1) is 16.8 Å². The zero-order valence-corrected chi connectivity index (χ0v) is 17.0. The molecule has 0 aliphatic carbocycles. The Labute approximate surface area is 161 Å². The van der Waals surface area contributed by atoms with Crippen molar-refractivity contribution < 1.29 is 13.2 Å². The molecule has 146 valence electrons. The van der Waals surface area contributed by atoms with Gasteiger partial charge in [-0.1, -0.05) is 24.9 Å². The molecule has 2 rings (SSSR count). The molecule has 1 heterocycles. The minimum Gasteiger partial charge on any atom is -0.352 e. The predicted molar refractivity (Wildman–Crippen MR) is 106 cm³/mol. The number of nitrogens with zero attached hydrogens (tertiary/aromatic N) is 1. The third-order valence-electron chi connectivity index (χ3n) is 4.64. The van der Waals surface area contributed by atoms with Crippen LogP contribution in [0.3, 0.4) is 0 Å². The Morgan fingerprint density at radius 2 is 2.12 bits per heavy atom. The van der Waals surface area contributed by atoms with Crippen LogP contribution < -0.4 is 10.0 Å². The summed E-state index contributed by atoms with van der Waals surface area (Å²) in [6.45, 7) is 4.90. The highest BCUT2D eigenvalue weighted by molar-refractivity contribution is 7.92. The number of halogens is 1. The van der Waals surface area contributed by atoms with Gasteiger partial charge < -0.3 is 10.2 Å². The number of hydrogen-bond donors (Lipinski definition) is 2. The summed E-state index contributed by atoms with van der Waals surface area (Å²) in [5, 5.41) is 3.17. The van der Waals surface area contributed by atoms with E-state index in [1.165, 1.54) is 43.9 Å². The maximum absolute atomic E-state index is 12.4. The number of rotatable bonds is 8. The molecule has 0 unspecified atom stereocenters. The first-order valence-corrected chi connectivity index (χ1v) is 11.4. The minimum absolute atomic E-state index is 0.268. The number of hydrogen-bond acceptors (Lipinski definition) is 4. The molecular weight excluding hydrogens is 374 g/mol. The van der Waals surface area contributed by atoms with Crippen molar-refractivity contribution in [3.8, 4) is 0 Å². The van der Waals surface area contributed by atoms with E-state index < -0.39 is 10.0 Å². The fraction of sp³-hybridized carbons (Fsp3) is 0.611. The lowest BCUT2D eigenvalue weighted by atomic mass is 10.00. The van der Waals surface area contributed by atoms with Gasteiger partial charge in [0.25, 0.3) is 5.91 Å². The van der Waals surface area contributed by atoms with Gasteiger partial charge in [-0.3, -0.25) is 9.52 Å². The first-order chi connectivity index (χ1) is 12.3. The average Bonchev–Trinajstić information content (AvgIpc) is 2.59. The van der Waals surface area contributed by atoms with E-state index >= 15 is 0 Å². The molecule has 0 saturated carbocycles. The van der Waals surface area contributed by atoms with Crippen molar-refractivity contribution in [1.82, 2.24) is 10.2 Å². The van der Waals surface area contributed by atoms with E-state index in [0.29, 0.717) is 23.3 Å². The highest BCUT2D eigenvalue weighted by Gasteiger charge is 2.20. The summed E-state index contributed by atoms with van der Waals surface area (Å²) in [4.78, 5) is 14.9. The summed E-state index contributed by atoms with van der Waals surface area (Å²) in [7, 11) is -3.40. The average molecular weight is 402 g/mol. The van der Waals surface area contributed by atoms with E-state index in [0.717, 1.165) is 25.8 Å². The molecule has 1 aliphatic rings. The number of benzene rings is 1. The molecule has 1 amide bonds. The van der Waals surface area contributed by atoms with Gasteiger partial charge in [-0.2, -0.15) is 0 Å². The van der Waals surface area contributed by atoms with E-state index in [2.05, 4.69) is 21.9 Å². The zero-order chi connectivity index (χ0) is 19.2. The molecule has 0 bridgehead atoms. The number of carbonyl (C=O) groups excluding carboxylic acids is 1. The van der Waals surface area contributed by atoms with Gasteiger partial charge >= 0.3 is 0 Å². The zero-order valence-electron chi connectivity index (χ0n) is 15.4. The molecule has 2 N–H and O–H groups in total. The fourth-order valence-corrected chi connectivity index (χ4v) is 4.13. The summed E-state index contributed by atoms with van der Waals surface area (Å²) >= 11 is 6.09. The SMILES string of the molecule is CC[C@H]1CCCCN1CCCNC(=O)c1cc(NS(C)(=O)=O)ccc1Cl. The molecular formula is C18H28ClN3O3S. The minimum atomic E-state index is -3.40. The number of sulfonamides is 1. The molecule has 1 fully saturated rings. The first kappa shape index (κ1) is 21.0. The Kier molecular flexibility index (Phi) is 7.73. The summed E-state index contributed by atoms with van der Waals surface area (Å²) in [5.41, 5.74) is 0.589. The van der Waals surface area contributed by atoms with Crippen LogP contribution in [-0.2, 0) is 10.0 Å². The maximum Gasteiger partial charge on any atom is 0.252 e. The standard InChI is InChI=1S/C18H28ClN3O3S/c1-3-15-7-4-5-11-22(15)12-6-10-20-18(23)16-13-14(8-9-17(16)19)21-26(2,24)25/h8-9,13,15,21H,3-7,10-12H2,1-2H3,(H,20,23)/t15-/m0/s1. The molecule has 26 heavy (non-hydrogen) atoms. The van der Waals surface area contributed by atoms with Gasteiger partial charge in [-0.15, -0.1) is 0 Å². The molecule has 1 aliphatic heterocycles. The molecule has 1 aromatic rings. The predicted octanol–water partition coefficient (Wildman–Crippen LogP) is 3.10. The Hall–Kier alpha value is -1.31. The molecule has 1 saturated heterocycles. The van der Waals surface area contributed by atoms with Crippen LogP contribution in [-0.4, -0.2) is 51.2 Å². The van der Waals surface area contributed by atoms with E-state index in [1.807, 2.05) is 0 Å². The van der Waals surface area contributed by atoms with Gasteiger partial charge in [0, 0.05) is 24.8 Å². The van der Waals surface area contributed by atoms with Gasteiger partial charge in [0.15, 0.2) is 0 Å². The van der Waals surface area contributed by atoms with Crippen LogP contribution in [0.1, 0.15) is 49.4 Å². The van der Waals surface area contributed by atoms with Crippen molar-refractivity contribution >= 4 is 33.2 Å². The second kappa shape index (κ2) is 9.58. The van der Waals surface area contributed by atoms with Gasteiger partial charge in [0.1, 0.15) is 0 Å². The fourth-order valence-electron chi connectivity index (χ4n) is 3.37. The van der Waals surface area contributed by atoms with Crippen molar-refractivity contribution in [2.45, 2.75) is 45.1 Å². The Morgan fingerprint density at radius 3 is 2.81 bits per heavy atom. The number of piperidine rings is 1. The quantitative estimate of drug-likeness (QED) is 0.656. The summed E-state index contributed by atoms with van der Waals surface area (Å²) in [6.07, 6.45) is 6.92. The maximum atomic E-state index is 12.4. The second-order valence-electron chi connectivity index (χ2n) is 6.77. The number of likely N-dealkylation sites (tertiary alicyclic amines) is 1. The summed E-state index contributed by atoms with van der Waals surface area (Å²) < 4.78 is 25.0. The van der Waals surface area contributed by atoms with E-state index in [4.69, 9.17) is 11.6 Å². The lowest BCUT2D eigenvalue weighted by molar-refractivity contribution is 0.0947. The number of anilines is 1. The number of carbonyl (C=O) groups is 1. The van der Waals surface area contributed by atoms with Crippen LogP contribution in [0.5, 0.6) is 0 Å². The Morgan fingerprint density at radius 1 is 1.35 bits per heavy atom. The molecule has 0 aromatic heterocycles. The highest BCUT2D eigenvalue weighted by atomic mass is 35.5. The van der Waals surface area contributed by atoms with Crippen LogP contribution in [0.2, 0.25) is 5.02 Å². The molecule has 8 heteroatoms.